The van der Waals surface area contributed by atoms with E-state index in [2.05, 4.69) is 0 Å². The molecule has 0 atom stereocenters. The lowest BCUT2D eigenvalue weighted by atomic mass is 10.2. The fraction of sp³-hybridized carbons (Fsp3) is 0.688. The van der Waals surface area contributed by atoms with Crippen molar-refractivity contribution in [1.29, 1.82) is 0 Å². The number of carbonyl (C=O) groups excluding carboxylic acids is 1. The predicted molar refractivity (Wildman–Crippen MR) is 89.5 cm³/mol. The van der Waals surface area contributed by atoms with E-state index in [-0.39, 0.29) is 17.6 Å². The molecule has 0 saturated heterocycles. The minimum absolute atomic E-state index is 0.0409. The van der Waals surface area contributed by atoms with E-state index in [0.717, 1.165) is 25.7 Å². The number of hydrogen-bond acceptors (Lipinski definition) is 4. The maximum Gasteiger partial charge on any atom is 0.329 e. The van der Waals surface area contributed by atoms with Crippen LogP contribution >= 0.6 is 12.2 Å². The normalized spacial score (nSPS) is 10.9. The highest BCUT2D eigenvalue weighted by Gasteiger charge is 2.07. The molecule has 0 aliphatic carbocycles. The third-order valence-electron chi connectivity index (χ3n) is 3.47. The SMILES string of the molecule is CCn1ccc(=S)n(CCCCCCOC(=O)C(C)C)c1=O. The summed E-state index contributed by atoms with van der Waals surface area (Å²) in [6, 6.07) is 1.80. The number of carbonyl (C=O) groups is 1. The van der Waals surface area contributed by atoms with Gasteiger partial charge in [-0.25, -0.2) is 4.79 Å². The number of nitrogens with zero attached hydrogens (tertiary/aromatic N) is 2. The average Bonchev–Trinajstić information content (AvgIpc) is 2.48. The van der Waals surface area contributed by atoms with Crippen LogP contribution in [0.1, 0.15) is 46.5 Å². The van der Waals surface area contributed by atoms with Crippen molar-refractivity contribution in [2.45, 2.75) is 59.5 Å². The quantitative estimate of drug-likeness (QED) is 0.397. The minimum Gasteiger partial charge on any atom is -0.465 e. The van der Waals surface area contributed by atoms with Crippen molar-refractivity contribution in [1.82, 2.24) is 9.13 Å². The number of hydrogen-bond donors (Lipinski definition) is 0. The minimum atomic E-state index is -0.143. The van der Waals surface area contributed by atoms with Gasteiger partial charge in [0.1, 0.15) is 4.64 Å². The zero-order valence-electron chi connectivity index (χ0n) is 13.7. The molecule has 0 spiro atoms. The van der Waals surface area contributed by atoms with Crippen LogP contribution in [0.2, 0.25) is 0 Å². The number of rotatable bonds is 9. The van der Waals surface area contributed by atoms with Crippen molar-refractivity contribution < 1.29 is 9.53 Å². The Labute approximate surface area is 136 Å². The maximum absolute atomic E-state index is 12.1. The molecule has 0 radical (unpaired) electrons. The first kappa shape index (κ1) is 18.6. The summed E-state index contributed by atoms with van der Waals surface area (Å²) >= 11 is 5.21. The lowest BCUT2D eigenvalue weighted by Crippen LogP contribution is -2.30. The van der Waals surface area contributed by atoms with Gasteiger partial charge in [0, 0.05) is 19.3 Å². The van der Waals surface area contributed by atoms with Crippen LogP contribution in [0, 0.1) is 10.6 Å². The highest BCUT2D eigenvalue weighted by atomic mass is 32.1. The first-order chi connectivity index (χ1) is 10.5. The van der Waals surface area contributed by atoms with Crippen LogP contribution in [-0.2, 0) is 22.6 Å². The molecule has 1 aromatic rings. The Balaban J connectivity index is 2.30. The third kappa shape index (κ3) is 5.75. The molecule has 0 unspecified atom stereocenters. The monoisotopic (exact) mass is 326 g/mol. The van der Waals surface area contributed by atoms with E-state index in [9.17, 15) is 9.59 Å². The van der Waals surface area contributed by atoms with Gasteiger partial charge < -0.3 is 9.30 Å². The molecule has 5 nitrogen and oxygen atoms in total. The van der Waals surface area contributed by atoms with Gasteiger partial charge in [0.15, 0.2) is 0 Å². The number of unbranched alkanes of at least 4 members (excludes halogenated alkanes) is 3. The molecule has 0 fully saturated rings. The van der Waals surface area contributed by atoms with Gasteiger partial charge in [-0.1, -0.05) is 32.5 Å². The number of esters is 1. The fourth-order valence-corrected chi connectivity index (χ4v) is 2.30. The second-order valence-electron chi connectivity index (χ2n) is 5.61. The van der Waals surface area contributed by atoms with Gasteiger partial charge in [-0.2, -0.15) is 0 Å². The topological polar surface area (TPSA) is 53.2 Å². The summed E-state index contributed by atoms with van der Waals surface area (Å²) in [4.78, 5) is 23.4. The van der Waals surface area contributed by atoms with E-state index in [1.165, 1.54) is 0 Å². The molecule has 0 aliphatic rings. The molecule has 1 rings (SSSR count). The van der Waals surface area contributed by atoms with Crippen LogP contribution in [0.5, 0.6) is 0 Å². The van der Waals surface area contributed by atoms with Crippen LogP contribution in [0.15, 0.2) is 17.1 Å². The molecule has 0 amide bonds. The van der Waals surface area contributed by atoms with E-state index in [1.54, 1.807) is 21.4 Å². The van der Waals surface area contributed by atoms with Crippen molar-refractivity contribution in [2.75, 3.05) is 6.61 Å². The van der Waals surface area contributed by atoms with E-state index >= 15 is 0 Å². The van der Waals surface area contributed by atoms with Crippen LogP contribution in [0.25, 0.3) is 0 Å². The Bertz CT molecular complexity index is 590. The first-order valence-corrected chi connectivity index (χ1v) is 8.35. The van der Waals surface area contributed by atoms with Crippen LogP contribution in [-0.4, -0.2) is 21.7 Å². The Morgan fingerprint density at radius 3 is 2.59 bits per heavy atom. The Kier molecular flexibility index (Phi) is 8.09. The molecular weight excluding hydrogens is 300 g/mol. The number of aryl methyl sites for hydroxylation is 1. The fourth-order valence-electron chi connectivity index (χ4n) is 2.07. The Morgan fingerprint density at radius 2 is 1.95 bits per heavy atom. The molecule has 1 aromatic heterocycles. The lowest BCUT2D eigenvalue weighted by molar-refractivity contribution is -0.147. The van der Waals surface area contributed by atoms with Gasteiger partial charge in [-0.3, -0.25) is 9.36 Å². The average molecular weight is 326 g/mol. The molecule has 6 heteroatoms. The predicted octanol–water partition coefficient (Wildman–Crippen LogP) is 3.16. The van der Waals surface area contributed by atoms with Crippen LogP contribution in [0.4, 0.5) is 0 Å². The molecule has 0 saturated carbocycles. The molecular formula is C16H26N2O3S. The largest absolute Gasteiger partial charge is 0.465 e. The lowest BCUT2D eigenvalue weighted by Gasteiger charge is -2.09. The van der Waals surface area contributed by atoms with Crippen molar-refractivity contribution in [3.05, 3.63) is 27.4 Å². The van der Waals surface area contributed by atoms with Crippen molar-refractivity contribution >= 4 is 18.2 Å². The van der Waals surface area contributed by atoms with Gasteiger partial charge in [0.25, 0.3) is 0 Å². The molecule has 0 aromatic carbocycles. The number of aromatic nitrogens is 2. The van der Waals surface area contributed by atoms with Gasteiger partial charge in [-0.05, 0) is 32.3 Å². The summed E-state index contributed by atoms with van der Waals surface area (Å²) in [6.45, 7) is 7.36. The van der Waals surface area contributed by atoms with Crippen molar-refractivity contribution in [3.8, 4) is 0 Å². The summed E-state index contributed by atoms with van der Waals surface area (Å²) in [5.41, 5.74) is -0.0409. The molecule has 0 N–H and O–H groups in total. The summed E-state index contributed by atoms with van der Waals surface area (Å²) < 4.78 is 9.01. The summed E-state index contributed by atoms with van der Waals surface area (Å²) in [7, 11) is 0. The van der Waals surface area contributed by atoms with Crippen LogP contribution in [0.3, 0.4) is 0 Å². The Morgan fingerprint density at radius 1 is 1.27 bits per heavy atom. The first-order valence-electron chi connectivity index (χ1n) is 7.94. The Hall–Kier alpha value is -1.43. The molecule has 0 aliphatic heterocycles. The zero-order chi connectivity index (χ0) is 16.5. The van der Waals surface area contributed by atoms with Crippen molar-refractivity contribution in [3.63, 3.8) is 0 Å². The smallest absolute Gasteiger partial charge is 0.329 e. The molecule has 124 valence electrons. The highest BCUT2D eigenvalue weighted by molar-refractivity contribution is 7.71. The summed E-state index contributed by atoms with van der Waals surface area (Å²) in [6.07, 6.45) is 5.46. The van der Waals surface area contributed by atoms with E-state index in [4.69, 9.17) is 17.0 Å². The highest BCUT2D eigenvalue weighted by Crippen LogP contribution is 2.04. The van der Waals surface area contributed by atoms with E-state index < -0.39 is 0 Å². The second kappa shape index (κ2) is 9.56. The zero-order valence-corrected chi connectivity index (χ0v) is 14.5. The number of ether oxygens (including phenoxy) is 1. The van der Waals surface area contributed by atoms with Gasteiger partial charge >= 0.3 is 11.7 Å². The maximum atomic E-state index is 12.1. The summed E-state index contributed by atoms with van der Waals surface area (Å²) in [5, 5.41) is 0. The van der Waals surface area contributed by atoms with Gasteiger partial charge in [-0.15, -0.1) is 0 Å². The molecule has 0 bridgehead atoms. The summed E-state index contributed by atoms with van der Waals surface area (Å²) in [5.74, 6) is -0.212. The van der Waals surface area contributed by atoms with Gasteiger partial charge in [0.2, 0.25) is 0 Å². The third-order valence-corrected chi connectivity index (χ3v) is 3.83. The van der Waals surface area contributed by atoms with Gasteiger partial charge in [0.05, 0.1) is 12.5 Å². The van der Waals surface area contributed by atoms with Crippen LogP contribution < -0.4 is 5.69 Å². The van der Waals surface area contributed by atoms with Crippen molar-refractivity contribution in [2.24, 2.45) is 5.92 Å². The second-order valence-corrected chi connectivity index (χ2v) is 6.03. The van der Waals surface area contributed by atoms with E-state index in [1.807, 2.05) is 20.8 Å². The molecule has 22 heavy (non-hydrogen) atoms. The molecule has 1 heterocycles. The standard InChI is InChI=1S/C16H26N2O3S/c1-4-17-11-9-14(22)18(16(17)20)10-7-5-6-8-12-21-15(19)13(2)3/h9,11,13H,4-8,10,12H2,1-3H3. The van der Waals surface area contributed by atoms with E-state index in [0.29, 0.717) is 24.3 Å².